The van der Waals surface area contributed by atoms with Gasteiger partial charge in [0, 0.05) is 34.4 Å². The number of rotatable bonds is 7. The second kappa shape index (κ2) is 12.1. The van der Waals surface area contributed by atoms with Gasteiger partial charge >= 0.3 is 0 Å². The van der Waals surface area contributed by atoms with Crippen LogP contribution in [0.15, 0.2) is 99.9 Å². The van der Waals surface area contributed by atoms with Crippen molar-refractivity contribution in [1.82, 2.24) is 9.13 Å². The van der Waals surface area contributed by atoms with E-state index in [9.17, 15) is 9.59 Å². The molecule has 0 saturated carbocycles. The summed E-state index contributed by atoms with van der Waals surface area (Å²) in [5.41, 5.74) is 7.22. The summed E-state index contributed by atoms with van der Waals surface area (Å²) in [7, 11) is 3.14. The van der Waals surface area contributed by atoms with Gasteiger partial charge in [-0.2, -0.15) is 0 Å². The van der Waals surface area contributed by atoms with E-state index in [1.165, 1.54) is 16.9 Å². The summed E-state index contributed by atoms with van der Waals surface area (Å²) in [6.45, 7) is 7.98. The van der Waals surface area contributed by atoms with Crippen LogP contribution < -0.4 is 29.7 Å². The number of thiazole rings is 1. The maximum absolute atomic E-state index is 14.3. The lowest BCUT2D eigenvalue weighted by Crippen LogP contribution is -2.40. The lowest BCUT2D eigenvalue weighted by Gasteiger charge is -2.26. The Labute approximate surface area is 265 Å². The number of hydrogen-bond acceptors (Lipinski definition) is 6. The van der Waals surface area contributed by atoms with Crippen molar-refractivity contribution in [2.75, 3.05) is 19.5 Å². The van der Waals surface area contributed by atoms with Gasteiger partial charge < -0.3 is 19.4 Å². The van der Waals surface area contributed by atoms with Gasteiger partial charge in [0.05, 0.1) is 30.0 Å². The fourth-order valence-electron chi connectivity index (χ4n) is 5.84. The van der Waals surface area contributed by atoms with Crippen molar-refractivity contribution >= 4 is 29.0 Å². The second-order valence-corrected chi connectivity index (χ2v) is 12.0. The maximum Gasteiger partial charge on any atom is 0.271 e. The molecule has 1 atom stereocenters. The molecule has 8 nitrogen and oxygen atoms in total. The molecule has 1 N–H and O–H groups in total. The molecule has 1 aliphatic rings. The van der Waals surface area contributed by atoms with E-state index >= 15 is 0 Å². The molecule has 3 aromatic carbocycles. The molecule has 2 aromatic heterocycles. The lowest BCUT2D eigenvalue weighted by atomic mass is 9.94. The number of ether oxygens (including phenoxy) is 2. The van der Waals surface area contributed by atoms with Gasteiger partial charge in [-0.25, -0.2) is 4.99 Å². The molecule has 0 fully saturated rings. The van der Waals surface area contributed by atoms with Crippen LogP contribution in [0, 0.1) is 20.8 Å². The fourth-order valence-corrected chi connectivity index (χ4v) is 6.87. The number of nitrogens with one attached hydrogen (secondary N) is 1. The summed E-state index contributed by atoms with van der Waals surface area (Å²) in [6, 6.07) is 24.3. The molecular weight excluding hydrogens is 584 g/mol. The summed E-state index contributed by atoms with van der Waals surface area (Å²) in [6.07, 6.45) is 1.92. The Bertz CT molecular complexity index is 2140. The van der Waals surface area contributed by atoms with E-state index in [0.717, 1.165) is 22.6 Å². The van der Waals surface area contributed by atoms with Gasteiger partial charge in [-0.1, -0.05) is 47.2 Å². The summed E-state index contributed by atoms with van der Waals surface area (Å²) in [5, 5.41) is 2.99. The minimum atomic E-state index is -0.784. The molecule has 0 spiro atoms. The Morgan fingerprint density at radius 3 is 2.36 bits per heavy atom. The third-order valence-corrected chi connectivity index (χ3v) is 9.07. The van der Waals surface area contributed by atoms with Gasteiger partial charge in [0.25, 0.3) is 11.5 Å². The van der Waals surface area contributed by atoms with Crippen molar-refractivity contribution in [1.29, 1.82) is 0 Å². The van der Waals surface area contributed by atoms with Crippen LogP contribution in [0.2, 0.25) is 0 Å². The van der Waals surface area contributed by atoms with Crippen LogP contribution in [0.5, 0.6) is 11.5 Å². The Morgan fingerprint density at radius 1 is 0.933 bits per heavy atom. The monoisotopic (exact) mass is 618 g/mol. The zero-order chi connectivity index (χ0) is 31.8. The van der Waals surface area contributed by atoms with Gasteiger partial charge in [0.15, 0.2) is 4.80 Å². The van der Waals surface area contributed by atoms with Crippen LogP contribution in [0.1, 0.15) is 41.0 Å². The highest BCUT2D eigenvalue weighted by Crippen LogP contribution is 2.37. The van der Waals surface area contributed by atoms with E-state index in [-0.39, 0.29) is 11.5 Å². The molecule has 9 heteroatoms. The number of aromatic nitrogens is 2. The highest BCUT2D eigenvalue weighted by atomic mass is 32.1. The molecule has 0 bridgehead atoms. The third-order valence-electron chi connectivity index (χ3n) is 8.08. The summed E-state index contributed by atoms with van der Waals surface area (Å²) < 4.78 is 15.5. The van der Waals surface area contributed by atoms with Gasteiger partial charge in [-0.15, -0.1) is 0 Å². The quantitative estimate of drug-likeness (QED) is 0.257. The highest BCUT2D eigenvalue weighted by Gasteiger charge is 2.34. The first-order valence-corrected chi connectivity index (χ1v) is 15.4. The molecule has 5 aromatic rings. The molecule has 3 heterocycles. The Kier molecular flexibility index (Phi) is 8.03. The van der Waals surface area contributed by atoms with Gasteiger partial charge in [-0.05, 0) is 81.8 Å². The zero-order valence-corrected chi connectivity index (χ0v) is 26.9. The normalized spacial score (nSPS) is 14.6. The van der Waals surface area contributed by atoms with Crippen LogP contribution in [0.3, 0.4) is 0 Å². The number of carbonyl (C=O) groups is 1. The van der Waals surface area contributed by atoms with Gasteiger partial charge in [0.2, 0.25) is 0 Å². The molecule has 0 aliphatic carbocycles. The van der Waals surface area contributed by atoms with Crippen LogP contribution in [0.4, 0.5) is 5.69 Å². The molecule has 1 aliphatic heterocycles. The van der Waals surface area contributed by atoms with Crippen molar-refractivity contribution in [3.8, 4) is 17.2 Å². The first-order valence-electron chi connectivity index (χ1n) is 14.6. The summed E-state index contributed by atoms with van der Waals surface area (Å²) >= 11 is 1.31. The first-order chi connectivity index (χ1) is 21.7. The Balaban J connectivity index is 1.52. The molecule has 1 amide bonds. The van der Waals surface area contributed by atoms with Crippen LogP contribution in [-0.2, 0) is 4.79 Å². The van der Waals surface area contributed by atoms with E-state index < -0.39 is 6.04 Å². The first kappa shape index (κ1) is 29.9. The number of anilines is 1. The predicted octanol–water partition coefficient (Wildman–Crippen LogP) is 5.61. The molecule has 0 unspecified atom stereocenters. The minimum Gasteiger partial charge on any atom is -0.497 e. The number of amides is 1. The molecule has 6 rings (SSSR count). The molecule has 0 radical (unpaired) electrons. The number of aryl methyl sites for hydroxylation is 2. The van der Waals surface area contributed by atoms with E-state index in [1.54, 1.807) is 37.8 Å². The fraction of sp³-hybridized carbons (Fsp3) is 0.194. The molecule has 228 valence electrons. The molecular formula is C36H34N4O4S. The number of hydrogen-bond donors (Lipinski definition) is 1. The topological polar surface area (TPSA) is 86.9 Å². The molecule has 45 heavy (non-hydrogen) atoms. The van der Waals surface area contributed by atoms with E-state index in [1.807, 2.05) is 42.5 Å². The van der Waals surface area contributed by atoms with Crippen LogP contribution >= 0.6 is 11.3 Å². The van der Waals surface area contributed by atoms with Crippen molar-refractivity contribution in [2.45, 2.75) is 33.7 Å². The van der Waals surface area contributed by atoms with Crippen molar-refractivity contribution in [3.63, 3.8) is 0 Å². The number of allylic oxidation sites excluding steroid dienone is 1. The Hall–Kier alpha value is -5.15. The smallest absolute Gasteiger partial charge is 0.271 e. The number of carbonyl (C=O) groups excluding carboxylic acids is 1. The second-order valence-electron chi connectivity index (χ2n) is 11.0. The number of nitrogens with zero attached hydrogens (tertiary/aromatic N) is 3. The third kappa shape index (κ3) is 5.51. The zero-order valence-electron chi connectivity index (χ0n) is 26.0. The number of para-hydroxylation sites is 1. The average molecular weight is 619 g/mol. The van der Waals surface area contributed by atoms with E-state index in [4.69, 9.17) is 14.5 Å². The van der Waals surface area contributed by atoms with Gasteiger partial charge in [-0.3, -0.25) is 14.2 Å². The summed E-state index contributed by atoms with van der Waals surface area (Å²) in [5.74, 6) is 0.749. The Morgan fingerprint density at radius 2 is 1.67 bits per heavy atom. The SMILES string of the molecule is COc1ccc([C@H]2C(C(=O)Nc3ccccc3)=C(C)N=c3s/c(=C\c4cc(C)n(-c5ccc(C)cc5)c4C)c(=O)n32)c(OC)c1. The average Bonchev–Trinajstić information content (AvgIpc) is 3.50. The number of fused-ring (bicyclic) bond motifs is 1. The summed E-state index contributed by atoms with van der Waals surface area (Å²) in [4.78, 5) is 33.5. The number of methoxy groups -OCH3 is 2. The maximum atomic E-state index is 14.3. The van der Waals surface area contributed by atoms with Gasteiger partial charge in [0.1, 0.15) is 17.5 Å². The predicted molar refractivity (Wildman–Crippen MR) is 178 cm³/mol. The number of benzene rings is 3. The molecule has 0 saturated heterocycles. The van der Waals surface area contributed by atoms with E-state index in [2.05, 4.69) is 61.0 Å². The van der Waals surface area contributed by atoms with E-state index in [0.29, 0.717) is 43.4 Å². The van der Waals surface area contributed by atoms with Crippen LogP contribution in [-0.4, -0.2) is 29.3 Å². The van der Waals surface area contributed by atoms with Crippen molar-refractivity contribution < 1.29 is 14.3 Å². The highest BCUT2D eigenvalue weighted by molar-refractivity contribution is 7.07. The van der Waals surface area contributed by atoms with Crippen molar-refractivity contribution in [2.24, 2.45) is 4.99 Å². The van der Waals surface area contributed by atoms with Crippen LogP contribution in [0.25, 0.3) is 11.8 Å². The minimum absolute atomic E-state index is 0.237. The lowest BCUT2D eigenvalue weighted by molar-refractivity contribution is -0.113. The van der Waals surface area contributed by atoms with Crippen molar-refractivity contribution in [3.05, 3.63) is 138 Å². The standard InChI is InChI=1S/C36H34N4O4S/c1-21-12-14-27(15-13-21)39-22(2)18-25(24(39)4)19-31-35(42)40-33(29-17-16-28(43-5)20-30(29)44-6)32(23(3)37-36(40)45-31)34(41)38-26-10-8-7-9-11-26/h7-20,33H,1-6H3,(H,38,41)/b31-19-/t33-/m0/s1. The largest absolute Gasteiger partial charge is 0.497 e.